The van der Waals surface area contributed by atoms with Crippen molar-refractivity contribution in [3.05, 3.63) is 30.3 Å². The van der Waals surface area contributed by atoms with Crippen molar-refractivity contribution in [1.82, 2.24) is 0 Å². The number of hydrogen-bond acceptors (Lipinski definition) is 0. The topological polar surface area (TPSA) is 0 Å². The van der Waals surface area contributed by atoms with E-state index in [9.17, 15) is 0 Å². The van der Waals surface area contributed by atoms with Crippen LogP contribution in [0.3, 0.4) is 0 Å². The molecule has 1 unspecified atom stereocenters. The van der Waals surface area contributed by atoms with Crippen molar-refractivity contribution in [2.24, 2.45) is 0 Å². The summed E-state index contributed by atoms with van der Waals surface area (Å²) in [4.78, 5) is 1.34. The molecule has 54 valence electrons. The largest absolute Gasteiger partial charge is 0.186 e. The molecule has 0 bridgehead atoms. The first-order valence-electron chi connectivity index (χ1n) is 3.08. The zero-order chi connectivity index (χ0) is 7.40. The lowest BCUT2D eigenvalue weighted by Gasteiger charge is -1.95. The van der Waals surface area contributed by atoms with Gasteiger partial charge < -0.3 is 0 Å². The molecule has 0 amide bonds. The summed E-state index contributed by atoms with van der Waals surface area (Å²) in [6.07, 6.45) is 2.16. The lowest BCUT2D eigenvalue weighted by molar-refractivity contribution is 1.45. The molecule has 0 aliphatic rings. The van der Waals surface area contributed by atoms with Gasteiger partial charge in [0, 0.05) is 10.9 Å². The van der Waals surface area contributed by atoms with Crippen LogP contribution in [0.4, 0.5) is 0 Å². The molecule has 1 atom stereocenters. The Hall–Kier alpha value is -0.140. The highest BCUT2D eigenvalue weighted by molar-refractivity contribution is 7.97. The Morgan fingerprint density at radius 3 is 2.40 bits per heavy atom. The molecule has 0 spiro atoms. The van der Waals surface area contributed by atoms with Gasteiger partial charge in [0.05, 0.1) is 0 Å². The fraction of sp³-hybridized carbons (Fsp3) is 0.250. The third kappa shape index (κ3) is 1.93. The van der Waals surface area contributed by atoms with Crippen molar-refractivity contribution in [3.63, 3.8) is 0 Å². The molecular weight excluding hydrogens is 164 g/mol. The van der Waals surface area contributed by atoms with Crippen molar-refractivity contribution in [1.29, 1.82) is 0 Å². The first kappa shape index (κ1) is 7.96. The molecule has 1 rings (SSSR count). The second kappa shape index (κ2) is 3.89. The van der Waals surface area contributed by atoms with Crippen LogP contribution in [0, 0.1) is 0 Å². The van der Waals surface area contributed by atoms with E-state index in [-0.39, 0.29) is 10.9 Å². The minimum absolute atomic E-state index is 0.225. The third-order valence-corrected chi connectivity index (χ3v) is 3.70. The second-order valence-corrected chi connectivity index (χ2v) is 4.68. The SMILES string of the molecule is C[S+](CCl)c1ccccc1. The lowest BCUT2D eigenvalue weighted by atomic mass is 10.4. The predicted octanol–water partition coefficient (Wildman–Crippen LogP) is 2.49. The van der Waals surface area contributed by atoms with Gasteiger partial charge in [0.1, 0.15) is 6.26 Å². The lowest BCUT2D eigenvalue weighted by Crippen LogP contribution is -1.99. The maximum absolute atomic E-state index is 5.70. The standard InChI is InChI=1S/C8H10ClS/c1-10(7-9)8-5-3-2-4-6-8/h2-6H,7H2,1H3/q+1. The van der Waals surface area contributed by atoms with Gasteiger partial charge in [0.2, 0.25) is 0 Å². The smallest absolute Gasteiger partial charge is 0.0678 e. The van der Waals surface area contributed by atoms with Gasteiger partial charge in [-0.25, -0.2) is 0 Å². The molecule has 0 heterocycles. The average molecular weight is 174 g/mol. The quantitative estimate of drug-likeness (QED) is 0.476. The Morgan fingerprint density at radius 1 is 1.30 bits per heavy atom. The number of alkyl halides is 1. The Labute approximate surface area is 69.6 Å². The molecule has 1 aromatic carbocycles. The Bertz CT molecular complexity index is 186. The summed E-state index contributed by atoms with van der Waals surface area (Å²) in [5.41, 5.74) is 0. The second-order valence-electron chi connectivity index (χ2n) is 2.06. The monoisotopic (exact) mass is 173 g/mol. The summed E-state index contributed by atoms with van der Waals surface area (Å²) in [6, 6.07) is 10.3. The molecule has 0 fully saturated rings. The van der Waals surface area contributed by atoms with Gasteiger partial charge in [-0.2, -0.15) is 0 Å². The molecule has 0 aliphatic carbocycles. The summed E-state index contributed by atoms with van der Waals surface area (Å²) >= 11 is 5.70. The average Bonchev–Trinajstić information content (AvgIpc) is 2.05. The van der Waals surface area contributed by atoms with E-state index in [2.05, 4.69) is 18.4 Å². The minimum atomic E-state index is 0.225. The Kier molecular flexibility index (Phi) is 3.10. The molecule has 10 heavy (non-hydrogen) atoms. The van der Waals surface area contributed by atoms with Gasteiger partial charge in [0.15, 0.2) is 10.1 Å². The summed E-state index contributed by atoms with van der Waals surface area (Å²) in [7, 11) is 0.225. The fourth-order valence-corrected chi connectivity index (χ4v) is 1.84. The van der Waals surface area contributed by atoms with Crippen molar-refractivity contribution in [3.8, 4) is 0 Å². The third-order valence-electron chi connectivity index (χ3n) is 1.31. The van der Waals surface area contributed by atoms with Crippen LogP contribution in [0.2, 0.25) is 0 Å². The van der Waals surface area contributed by atoms with Gasteiger partial charge in [-0.3, -0.25) is 0 Å². The van der Waals surface area contributed by atoms with Crippen LogP contribution in [0.25, 0.3) is 0 Å². The van der Waals surface area contributed by atoms with Crippen LogP contribution in [-0.4, -0.2) is 11.5 Å². The zero-order valence-electron chi connectivity index (χ0n) is 5.88. The summed E-state index contributed by atoms with van der Waals surface area (Å²) in [5, 5.41) is 0.726. The molecule has 0 radical (unpaired) electrons. The molecular formula is C8H10ClS+. The molecule has 0 aliphatic heterocycles. The van der Waals surface area contributed by atoms with Gasteiger partial charge in [-0.15, -0.1) is 0 Å². The first-order chi connectivity index (χ1) is 4.84. The van der Waals surface area contributed by atoms with Gasteiger partial charge >= 0.3 is 0 Å². The van der Waals surface area contributed by atoms with E-state index >= 15 is 0 Å². The molecule has 1 aromatic rings. The van der Waals surface area contributed by atoms with Crippen LogP contribution in [0.15, 0.2) is 35.2 Å². The minimum Gasteiger partial charge on any atom is -0.0678 e. The molecule has 0 N–H and O–H groups in total. The van der Waals surface area contributed by atoms with Gasteiger partial charge in [-0.1, -0.05) is 29.8 Å². The zero-order valence-corrected chi connectivity index (χ0v) is 7.45. The van der Waals surface area contributed by atoms with Crippen LogP contribution >= 0.6 is 11.6 Å². The summed E-state index contributed by atoms with van der Waals surface area (Å²) in [5.74, 6) is 0. The Morgan fingerprint density at radius 2 is 1.90 bits per heavy atom. The van der Waals surface area contributed by atoms with E-state index in [4.69, 9.17) is 11.6 Å². The highest BCUT2D eigenvalue weighted by atomic mass is 35.5. The predicted molar refractivity (Wildman–Crippen MR) is 48.7 cm³/mol. The molecule has 0 nitrogen and oxygen atoms in total. The van der Waals surface area contributed by atoms with E-state index in [0.717, 1.165) is 5.21 Å². The number of benzene rings is 1. The molecule has 0 saturated heterocycles. The van der Waals surface area contributed by atoms with Crippen LogP contribution in [-0.2, 0) is 10.9 Å². The van der Waals surface area contributed by atoms with Crippen LogP contribution in [0.5, 0.6) is 0 Å². The fourth-order valence-electron chi connectivity index (χ4n) is 0.716. The summed E-state index contributed by atoms with van der Waals surface area (Å²) in [6.45, 7) is 0. The first-order valence-corrected chi connectivity index (χ1v) is 5.42. The van der Waals surface area contributed by atoms with E-state index in [1.807, 2.05) is 18.2 Å². The normalized spacial score (nSPS) is 13.0. The van der Waals surface area contributed by atoms with Crippen LogP contribution < -0.4 is 0 Å². The number of halogens is 1. The maximum Gasteiger partial charge on any atom is 0.186 e. The number of hydrogen-bond donors (Lipinski definition) is 0. The van der Waals surface area contributed by atoms with E-state index < -0.39 is 0 Å². The maximum atomic E-state index is 5.70. The van der Waals surface area contributed by atoms with E-state index in [0.29, 0.717) is 0 Å². The van der Waals surface area contributed by atoms with Crippen molar-refractivity contribution >= 4 is 22.5 Å². The Balaban J connectivity index is 2.75. The van der Waals surface area contributed by atoms with Gasteiger partial charge in [-0.05, 0) is 12.1 Å². The molecule has 0 saturated carbocycles. The molecule has 2 heteroatoms. The van der Waals surface area contributed by atoms with Crippen LogP contribution in [0.1, 0.15) is 0 Å². The van der Waals surface area contributed by atoms with Crippen molar-refractivity contribution < 1.29 is 0 Å². The molecule has 0 aromatic heterocycles. The van der Waals surface area contributed by atoms with Gasteiger partial charge in [0.25, 0.3) is 0 Å². The van der Waals surface area contributed by atoms with Crippen molar-refractivity contribution in [2.45, 2.75) is 4.90 Å². The van der Waals surface area contributed by atoms with Crippen molar-refractivity contribution in [2.75, 3.05) is 11.5 Å². The summed E-state index contributed by atoms with van der Waals surface area (Å²) < 4.78 is 0. The van der Waals surface area contributed by atoms with E-state index in [1.165, 1.54) is 4.90 Å². The van der Waals surface area contributed by atoms with E-state index in [1.54, 1.807) is 0 Å². The highest BCUT2D eigenvalue weighted by Crippen LogP contribution is 2.10. The number of rotatable bonds is 2. The highest BCUT2D eigenvalue weighted by Gasteiger charge is 2.10.